The minimum Gasteiger partial charge on any atom is -0.497 e. The number of benzene rings is 1. The molecule has 0 amide bonds. The van der Waals surface area contributed by atoms with Gasteiger partial charge in [0.05, 0.1) is 7.11 Å². The molecule has 1 rings (SSSR count). The number of rotatable bonds is 4. The Morgan fingerprint density at radius 3 is 2.40 bits per heavy atom. The zero-order valence-electron chi connectivity index (χ0n) is 8.94. The molecule has 15 heavy (non-hydrogen) atoms. The summed E-state index contributed by atoms with van der Waals surface area (Å²) >= 11 is 0. The minimum atomic E-state index is -0.00393. The van der Waals surface area contributed by atoms with Gasteiger partial charge in [-0.2, -0.15) is 0 Å². The quantitative estimate of drug-likeness (QED) is 0.426. The normalized spacial score (nSPS) is 11.1. The lowest BCUT2D eigenvalue weighted by atomic mass is 10.1. The molecule has 1 aromatic carbocycles. The van der Waals surface area contributed by atoms with Crippen molar-refractivity contribution in [2.45, 2.75) is 6.92 Å². The van der Waals surface area contributed by atoms with Crippen LogP contribution < -0.4 is 4.74 Å². The molecule has 0 spiro atoms. The van der Waals surface area contributed by atoms with E-state index < -0.39 is 0 Å². The van der Waals surface area contributed by atoms with E-state index in [-0.39, 0.29) is 5.78 Å². The van der Waals surface area contributed by atoms with Crippen LogP contribution in [0, 0.1) is 0 Å². The van der Waals surface area contributed by atoms with E-state index in [0.29, 0.717) is 5.56 Å². The highest BCUT2D eigenvalue weighted by Gasteiger charge is 2.00. The van der Waals surface area contributed by atoms with Crippen molar-refractivity contribution in [2.75, 3.05) is 7.11 Å². The third-order valence-electron chi connectivity index (χ3n) is 1.93. The Kier molecular flexibility index (Phi) is 4.35. The van der Waals surface area contributed by atoms with Crippen LogP contribution in [0.2, 0.25) is 0 Å². The molecule has 2 nitrogen and oxygen atoms in total. The van der Waals surface area contributed by atoms with Crippen LogP contribution in [0.5, 0.6) is 5.75 Å². The van der Waals surface area contributed by atoms with Crippen LogP contribution >= 0.6 is 0 Å². The zero-order valence-corrected chi connectivity index (χ0v) is 8.94. The summed E-state index contributed by atoms with van der Waals surface area (Å²) in [5.41, 5.74) is 0.663. The first-order chi connectivity index (χ1) is 7.27. The molecule has 0 saturated heterocycles. The number of hydrogen-bond donors (Lipinski definition) is 0. The zero-order chi connectivity index (χ0) is 11.1. The highest BCUT2D eigenvalue weighted by molar-refractivity contribution is 6.04. The number of carbonyl (C=O) groups is 1. The van der Waals surface area contributed by atoms with E-state index in [9.17, 15) is 4.79 Å². The van der Waals surface area contributed by atoms with E-state index in [4.69, 9.17) is 4.74 Å². The Bertz CT molecular complexity index is 372. The molecule has 0 saturated carbocycles. The number of ether oxygens (including phenoxy) is 1. The van der Waals surface area contributed by atoms with Gasteiger partial charge in [0.15, 0.2) is 5.78 Å². The summed E-state index contributed by atoms with van der Waals surface area (Å²) in [6.45, 7) is 1.90. The van der Waals surface area contributed by atoms with E-state index in [1.54, 1.807) is 43.5 Å². The predicted octanol–water partition coefficient (Wildman–Crippen LogP) is 3.01. The Hall–Kier alpha value is -1.83. The predicted molar refractivity (Wildman–Crippen MR) is 61.3 cm³/mol. The first-order valence-corrected chi connectivity index (χ1v) is 4.75. The van der Waals surface area contributed by atoms with Crippen molar-refractivity contribution in [3.63, 3.8) is 0 Å². The largest absolute Gasteiger partial charge is 0.497 e. The molecule has 0 N–H and O–H groups in total. The summed E-state index contributed by atoms with van der Waals surface area (Å²) in [6, 6.07) is 7.05. The molecular weight excluding hydrogens is 188 g/mol. The van der Waals surface area contributed by atoms with E-state index in [1.165, 1.54) is 0 Å². The van der Waals surface area contributed by atoms with E-state index in [1.807, 2.05) is 19.1 Å². The third kappa shape index (κ3) is 3.43. The van der Waals surface area contributed by atoms with Crippen LogP contribution in [0.4, 0.5) is 0 Å². The van der Waals surface area contributed by atoms with Crippen molar-refractivity contribution in [3.05, 3.63) is 54.1 Å². The van der Waals surface area contributed by atoms with Gasteiger partial charge in [-0.3, -0.25) is 4.79 Å². The molecule has 78 valence electrons. The number of hydrogen-bond acceptors (Lipinski definition) is 2. The maximum Gasteiger partial charge on any atom is 0.185 e. The third-order valence-corrected chi connectivity index (χ3v) is 1.93. The lowest BCUT2D eigenvalue weighted by molar-refractivity contribution is 0.104. The molecule has 0 fully saturated rings. The second-order valence-corrected chi connectivity index (χ2v) is 2.98. The molecule has 0 heterocycles. The summed E-state index contributed by atoms with van der Waals surface area (Å²) in [5.74, 6) is 0.750. The fourth-order valence-corrected chi connectivity index (χ4v) is 1.11. The molecule has 0 aliphatic carbocycles. The fraction of sp³-hybridized carbons (Fsp3) is 0.154. The summed E-state index contributed by atoms with van der Waals surface area (Å²) in [6.07, 6.45) is 6.97. The van der Waals surface area contributed by atoms with Gasteiger partial charge in [-0.25, -0.2) is 0 Å². The number of methoxy groups -OCH3 is 1. The van der Waals surface area contributed by atoms with Gasteiger partial charge in [-0.15, -0.1) is 0 Å². The second-order valence-electron chi connectivity index (χ2n) is 2.98. The van der Waals surface area contributed by atoms with Crippen molar-refractivity contribution < 1.29 is 9.53 Å². The van der Waals surface area contributed by atoms with Crippen LogP contribution in [-0.2, 0) is 0 Å². The highest BCUT2D eigenvalue weighted by Crippen LogP contribution is 2.11. The minimum absolute atomic E-state index is 0.00393. The van der Waals surface area contributed by atoms with Crippen molar-refractivity contribution in [2.24, 2.45) is 0 Å². The van der Waals surface area contributed by atoms with Gasteiger partial charge in [-0.05, 0) is 37.3 Å². The van der Waals surface area contributed by atoms with Gasteiger partial charge in [0.2, 0.25) is 0 Å². The van der Waals surface area contributed by atoms with Crippen LogP contribution in [0.1, 0.15) is 17.3 Å². The molecule has 0 aliphatic heterocycles. The van der Waals surface area contributed by atoms with Gasteiger partial charge in [0.25, 0.3) is 0 Å². The van der Waals surface area contributed by atoms with Gasteiger partial charge >= 0.3 is 0 Å². The van der Waals surface area contributed by atoms with Crippen LogP contribution in [0.3, 0.4) is 0 Å². The average Bonchev–Trinajstić information content (AvgIpc) is 2.29. The van der Waals surface area contributed by atoms with Crippen molar-refractivity contribution in [1.82, 2.24) is 0 Å². The topological polar surface area (TPSA) is 26.3 Å². The molecule has 0 radical (unpaired) electrons. The van der Waals surface area contributed by atoms with Gasteiger partial charge in [-0.1, -0.05) is 18.2 Å². The van der Waals surface area contributed by atoms with Crippen LogP contribution in [0.15, 0.2) is 48.6 Å². The standard InChI is InChI=1S/C13H14O2/c1-3-4-5-6-13(14)11-7-9-12(15-2)10-8-11/h3-10H,1-2H3/b4-3+,6-5+. The molecule has 0 atom stereocenters. The first kappa shape index (κ1) is 11.2. The van der Waals surface area contributed by atoms with Crippen LogP contribution in [0.25, 0.3) is 0 Å². The van der Waals surface area contributed by atoms with Gasteiger partial charge in [0, 0.05) is 5.56 Å². The summed E-state index contributed by atoms with van der Waals surface area (Å²) < 4.78 is 5.01. The summed E-state index contributed by atoms with van der Waals surface area (Å²) in [5, 5.41) is 0. The molecule has 0 unspecified atom stereocenters. The lowest BCUT2D eigenvalue weighted by Crippen LogP contribution is -1.93. The van der Waals surface area contributed by atoms with Crippen molar-refractivity contribution in [1.29, 1.82) is 0 Å². The fourth-order valence-electron chi connectivity index (χ4n) is 1.11. The monoisotopic (exact) mass is 202 g/mol. The Labute approximate surface area is 89.9 Å². The SMILES string of the molecule is C/C=C/C=C/C(=O)c1ccc(OC)cc1. The van der Waals surface area contributed by atoms with Crippen LogP contribution in [-0.4, -0.2) is 12.9 Å². The van der Waals surface area contributed by atoms with Gasteiger partial charge in [0.1, 0.15) is 5.75 Å². The molecule has 1 aromatic rings. The van der Waals surface area contributed by atoms with Crippen molar-refractivity contribution >= 4 is 5.78 Å². The smallest absolute Gasteiger partial charge is 0.185 e. The molecule has 0 aromatic heterocycles. The lowest BCUT2D eigenvalue weighted by Gasteiger charge is -1.99. The Balaban J connectivity index is 2.74. The maximum atomic E-state index is 11.6. The highest BCUT2D eigenvalue weighted by atomic mass is 16.5. The summed E-state index contributed by atoms with van der Waals surface area (Å²) in [7, 11) is 1.60. The second kappa shape index (κ2) is 5.81. The number of allylic oxidation sites excluding steroid dienone is 4. The van der Waals surface area contributed by atoms with E-state index >= 15 is 0 Å². The Morgan fingerprint density at radius 2 is 1.87 bits per heavy atom. The molecule has 2 heteroatoms. The van der Waals surface area contributed by atoms with Gasteiger partial charge < -0.3 is 4.74 Å². The molecule has 0 bridgehead atoms. The number of carbonyl (C=O) groups excluding carboxylic acids is 1. The van der Waals surface area contributed by atoms with Crippen molar-refractivity contribution in [3.8, 4) is 5.75 Å². The molecule has 0 aliphatic rings. The number of ketones is 1. The maximum absolute atomic E-state index is 11.6. The first-order valence-electron chi connectivity index (χ1n) is 4.75. The van der Waals surface area contributed by atoms with E-state index in [2.05, 4.69) is 0 Å². The Morgan fingerprint density at radius 1 is 1.20 bits per heavy atom. The molecular formula is C13H14O2. The average molecular weight is 202 g/mol. The van der Waals surface area contributed by atoms with E-state index in [0.717, 1.165) is 5.75 Å². The summed E-state index contributed by atoms with van der Waals surface area (Å²) in [4.78, 5) is 11.6.